The van der Waals surface area contributed by atoms with Gasteiger partial charge in [0.1, 0.15) is 24.4 Å². The van der Waals surface area contributed by atoms with Crippen molar-refractivity contribution >= 4 is 70.2 Å². The van der Waals surface area contributed by atoms with Gasteiger partial charge in [-0.05, 0) is 247 Å². The van der Waals surface area contributed by atoms with E-state index in [0.717, 1.165) is 80.1 Å². The number of aliphatic hydroxyl groups is 1. The number of amides is 7. The van der Waals surface area contributed by atoms with E-state index in [1.165, 1.54) is 32.2 Å². The summed E-state index contributed by atoms with van der Waals surface area (Å²) in [5.41, 5.74) is 17.1. The third-order valence-corrected chi connectivity index (χ3v) is 15.6. The van der Waals surface area contributed by atoms with E-state index < -0.39 is 89.0 Å². The highest BCUT2D eigenvalue weighted by Crippen LogP contribution is 2.17. The molecule has 8 rings (SSSR count). The van der Waals surface area contributed by atoms with Crippen LogP contribution in [0.1, 0.15) is 147 Å². The van der Waals surface area contributed by atoms with Crippen molar-refractivity contribution in [1.82, 2.24) is 42.6 Å². The Morgan fingerprint density at radius 2 is 0.882 bits per heavy atom. The van der Waals surface area contributed by atoms with Crippen molar-refractivity contribution in [2.75, 3.05) is 66.8 Å². The molecular formula is C84H94IN9O16. The lowest BCUT2D eigenvalue weighted by Crippen LogP contribution is -2.54. The van der Waals surface area contributed by atoms with Crippen LogP contribution in [0.3, 0.4) is 0 Å². The number of nitrogens with one attached hydrogen (secondary N) is 7. The molecule has 25 nitrogen and oxygen atoms in total. The minimum atomic E-state index is -1.28. The lowest BCUT2D eigenvalue weighted by atomic mass is 10.1. The number of rotatable bonds is 20. The van der Waals surface area contributed by atoms with Crippen molar-refractivity contribution in [3.63, 3.8) is 0 Å². The zero-order valence-corrected chi connectivity index (χ0v) is 65.5. The SMILES string of the molecule is C#CC#Cc1ccc(C(=O)N[C@H](C(=O)NOC)[C@@H](C)OC(C)(C)C)cc1.C1COCCN1.CONC(=O)[C@@H](NC(=O)c1ccc(C#CC#Cc2ccc(C(N)=O)cc2)cc1)[C@@H](C)OC(C)(C)C.C[C@@H](O)[C@H](NC(=O)c1ccc(C#CC#Cc2ccc(CN3CCOCC3)cc2)cc1)C(=O)NO.O=Cc1ccc(I)cc1. The van der Waals surface area contributed by atoms with E-state index in [9.17, 15) is 43.5 Å². The number of hydrogen-bond donors (Lipinski definition) is 10. The average molecular weight is 1610 g/mol. The number of aliphatic hydroxyl groups excluding tert-OH is 1. The average Bonchev–Trinajstić information content (AvgIpc) is 0.857. The Kier molecular flexibility index (Phi) is 40.8. The molecule has 0 saturated carbocycles. The van der Waals surface area contributed by atoms with Crippen LogP contribution >= 0.6 is 22.6 Å². The zero-order valence-electron chi connectivity index (χ0n) is 63.4. The first-order chi connectivity index (χ1) is 52.5. The number of hydrogen-bond acceptors (Lipinski definition) is 18. The van der Waals surface area contributed by atoms with Crippen LogP contribution in [0.25, 0.3) is 0 Å². The van der Waals surface area contributed by atoms with Crippen LogP contribution in [0.4, 0.5) is 0 Å². The summed E-state index contributed by atoms with van der Waals surface area (Å²) in [6.07, 6.45) is 3.57. The molecule has 2 aliphatic rings. The predicted octanol–water partition coefficient (Wildman–Crippen LogP) is 6.44. The molecule has 0 unspecified atom stereocenters. The Bertz CT molecular complexity index is 4340. The Balaban J connectivity index is 0.000000319. The van der Waals surface area contributed by atoms with E-state index >= 15 is 0 Å². The maximum absolute atomic E-state index is 12.8. The van der Waals surface area contributed by atoms with Gasteiger partial charge in [-0.15, -0.1) is 6.42 Å². The Hall–Kier alpha value is -11.0. The number of aldehydes is 1. The molecule has 2 heterocycles. The fraction of sp³-hybridized carbons (Fsp3) is 0.333. The number of nitrogens with two attached hydrogens (primary N) is 1. The molecule has 6 aromatic carbocycles. The van der Waals surface area contributed by atoms with Gasteiger partial charge in [0.05, 0.1) is 70.2 Å². The minimum Gasteiger partial charge on any atom is -0.391 e. The van der Waals surface area contributed by atoms with Gasteiger partial charge >= 0.3 is 0 Å². The second kappa shape index (κ2) is 49.1. The molecule has 6 aromatic rings. The minimum absolute atomic E-state index is 0.283. The van der Waals surface area contributed by atoms with E-state index in [1.54, 1.807) is 123 Å². The van der Waals surface area contributed by atoms with Crippen LogP contribution in [0.15, 0.2) is 146 Å². The lowest BCUT2D eigenvalue weighted by Gasteiger charge is -2.30. The number of terminal acetylenes is 1. The fourth-order valence-corrected chi connectivity index (χ4v) is 10.0. The van der Waals surface area contributed by atoms with E-state index in [0.29, 0.717) is 38.9 Å². The van der Waals surface area contributed by atoms with Crippen LogP contribution in [-0.4, -0.2) is 177 Å². The topological polar surface area (TPSA) is 346 Å². The maximum atomic E-state index is 12.8. The third kappa shape index (κ3) is 36.2. The van der Waals surface area contributed by atoms with Gasteiger partial charge in [-0.1, -0.05) is 53.9 Å². The van der Waals surface area contributed by atoms with Gasteiger partial charge in [-0.3, -0.25) is 58.1 Å². The van der Waals surface area contributed by atoms with Gasteiger partial charge in [0.25, 0.3) is 35.4 Å². The molecule has 0 spiro atoms. The number of carbonyl (C=O) groups excluding carboxylic acids is 8. The molecule has 0 aromatic heterocycles. The summed E-state index contributed by atoms with van der Waals surface area (Å²) in [6, 6.07) is 38.5. The second-order valence-corrected chi connectivity index (χ2v) is 27.2. The van der Waals surface area contributed by atoms with E-state index in [-0.39, 0.29) is 5.56 Å². The third-order valence-electron chi connectivity index (χ3n) is 14.9. The van der Waals surface area contributed by atoms with Gasteiger partial charge < -0.3 is 51.1 Å². The maximum Gasteiger partial charge on any atom is 0.268 e. The molecule has 2 fully saturated rings. The van der Waals surface area contributed by atoms with E-state index in [2.05, 4.69) is 142 Å². The highest BCUT2D eigenvalue weighted by atomic mass is 127. The molecule has 7 amide bonds. The van der Waals surface area contributed by atoms with Crippen LogP contribution < -0.4 is 43.4 Å². The summed E-state index contributed by atoms with van der Waals surface area (Å²) in [4.78, 5) is 107. The number of primary amides is 1. The molecule has 2 aliphatic heterocycles. The molecule has 11 N–H and O–H groups in total. The summed E-state index contributed by atoms with van der Waals surface area (Å²) in [6.45, 7) is 24.1. The Labute approximate surface area is 657 Å². The summed E-state index contributed by atoms with van der Waals surface area (Å²) in [5, 5.41) is 29.2. The van der Waals surface area contributed by atoms with Gasteiger partial charge in [0.15, 0.2) is 0 Å². The molecule has 0 bridgehead atoms. The number of ether oxygens (including phenoxy) is 4. The largest absolute Gasteiger partial charge is 0.391 e. The van der Waals surface area contributed by atoms with Gasteiger partial charge in [-0.2, -0.15) is 0 Å². The van der Waals surface area contributed by atoms with Crippen molar-refractivity contribution in [3.05, 3.63) is 210 Å². The first-order valence-corrected chi connectivity index (χ1v) is 35.7. The number of nitrogens with zero attached hydrogens (tertiary/aromatic N) is 1. The predicted molar refractivity (Wildman–Crippen MR) is 425 cm³/mol. The van der Waals surface area contributed by atoms with E-state index in [1.807, 2.05) is 65.8 Å². The molecule has 0 aliphatic carbocycles. The first kappa shape index (κ1) is 91.4. The van der Waals surface area contributed by atoms with Crippen LogP contribution in [0, 0.1) is 75.1 Å². The number of carbonyl (C=O) groups is 8. The van der Waals surface area contributed by atoms with Crippen molar-refractivity contribution < 1.29 is 77.3 Å². The Morgan fingerprint density at radius 1 is 0.536 bits per heavy atom. The summed E-state index contributed by atoms with van der Waals surface area (Å²) in [5.74, 6) is 26.5. The van der Waals surface area contributed by atoms with Gasteiger partial charge in [0, 0.05) is 91.9 Å². The van der Waals surface area contributed by atoms with Crippen molar-refractivity contribution in [3.8, 4) is 71.5 Å². The van der Waals surface area contributed by atoms with Gasteiger partial charge in [-0.25, -0.2) is 16.4 Å². The van der Waals surface area contributed by atoms with Crippen molar-refractivity contribution in [2.45, 2.75) is 116 Å². The van der Waals surface area contributed by atoms with Crippen molar-refractivity contribution in [1.29, 1.82) is 0 Å². The lowest BCUT2D eigenvalue weighted by molar-refractivity contribution is -0.141. The number of halogens is 1. The van der Waals surface area contributed by atoms with Crippen LogP contribution in [-0.2, 0) is 49.6 Å². The summed E-state index contributed by atoms with van der Waals surface area (Å²) < 4.78 is 23.2. The molecule has 2 saturated heterocycles. The number of morpholine rings is 2. The van der Waals surface area contributed by atoms with Crippen LogP contribution in [0.5, 0.6) is 0 Å². The first-order valence-electron chi connectivity index (χ1n) is 34.6. The fourth-order valence-electron chi connectivity index (χ4n) is 9.64. The molecule has 0 radical (unpaired) electrons. The summed E-state index contributed by atoms with van der Waals surface area (Å²) in [7, 11) is 2.64. The van der Waals surface area contributed by atoms with Crippen molar-refractivity contribution in [2.24, 2.45) is 5.73 Å². The highest BCUT2D eigenvalue weighted by Gasteiger charge is 2.33. The molecule has 6 atom stereocenters. The second-order valence-electron chi connectivity index (χ2n) is 26.0. The van der Waals surface area contributed by atoms with E-state index in [4.69, 9.17) is 41.1 Å². The standard InChI is InChI=1S/C27H29N3O5.C26H27N3O5.C20H24N2O4.C7H5IO.C4H9NO/c1-18(35-27(2,3)4)23(26(33)30-34-5)29-25(32)22-16-12-20(13-17-22)9-7-6-8-19-10-14-21(15-11-19)24(28)31;1-19(30)24(26(32)28-33)27-25(31)23-12-10-21(11-13-23)5-3-2-4-20-6-8-22(9-7-20)18-29-14-16-34-17-15-29;1-7-8-9-15-10-12-16(13-11-15)18(23)21-17(19(24)22-25-6)14(2)26-20(3,4)5;8-7-3-1-6(5-9)2-4-7;1-3-6-4-2-5-1/h10-18,23H,1-5H3,(H2,28,31)(H,29,32)(H,30,33);6-13,19,24,30,33H,14-18H2,1H3,(H,27,31)(H,28,32);1,10-14,17H,2-6H3,(H,21,23)(H,22,24);1-5H;5H,1-4H2/t18-,23+;19-,24+;14-,17+;;/m111../s1. The number of benzene rings is 6. The van der Waals surface area contributed by atoms with Gasteiger partial charge in [0.2, 0.25) is 5.91 Å². The zero-order chi connectivity index (χ0) is 81.0. The quantitative estimate of drug-likeness (QED) is 0.0129. The molecule has 578 valence electrons. The monoisotopic (exact) mass is 1610 g/mol. The smallest absolute Gasteiger partial charge is 0.268 e. The molecule has 26 heteroatoms. The van der Waals surface area contributed by atoms with Crippen LogP contribution in [0.2, 0.25) is 0 Å². The highest BCUT2D eigenvalue weighted by molar-refractivity contribution is 14.1. The number of hydroxylamine groups is 3. The molecular weight excluding hydrogens is 1520 g/mol. The molecule has 110 heavy (non-hydrogen) atoms. The Morgan fingerprint density at radius 3 is 1.18 bits per heavy atom. The summed E-state index contributed by atoms with van der Waals surface area (Å²) >= 11 is 2.20. The normalized spacial score (nSPS) is 13.6.